The van der Waals surface area contributed by atoms with Gasteiger partial charge in [0.05, 0.1) is 17.7 Å². The van der Waals surface area contributed by atoms with Crippen LogP contribution in [-0.2, 0) is 12.4 Å². The van der Waals surface area contributed by atoms with E-state index in [-0.39, 0.29) is 30.0 Å². The van der Waals surface area contributed by atoms with E-state index in [1.807, 2.05) is 0 Å². The Morgan fingerprint density at radius 2 is 1.42 bits per heavy atom. The van der Waals surface area contributed by atoms with Crippen LogP contribution >= 0.6 is 0 Å². The molecule has 3 rings (SSSR count). The summed E-state index contributed by atoms with van der Waals surface area (Å²) in [5.41, 5.74) is -1.81. The molecule has 0 radical (unpaired) electrons. The van der Waals surface area contributed by atoms with Gasteiger partial charge in [-0.3, -0.25) is 0 Å². The maximum Gasteiger partial charge on any atom is 0.416 e. The first-order valence-corrected chi connectivity index (χ1v) is 8.73. The number of halogens is 6. The summed E-state index contributed by atoms with van der Waals surface area (Å²) in [5, 5.41) is 2.57. The molecule has 0 aliphatic heterocycles. The first kappa shape index (κ1) is 22.1. The van der Waals surface area contributed by atoms with E-state index in [1.165, 1.54) is 18.2 Å². The molecule has 0 fully saturated rings. The summed E-state index contributed by atoms with van der Waals surface area (Å²) >= 11 is 0. The second-order valence-electron chi connectivity index (χ2n) is 5.99. The average molecular weight is 444 g/mol. The molecule has 0 atom stereocenters. The molecule has 1 N–H and O–H groups in total. The molecule has 0 bridgehead atoms. The normalized spacial score (nSPS) is 11.8. The minimum absolute atomic E-state index is 0.0218. The fourth-order valence-corrected chi connectivity index (χ4v) is 2.38. The van der Waals surface area contributed by atoms with E-state index in [0.717, 1.165) is 30.3 Å². The predicted molar refractivity (Wildman–Crippen MR) is 97.2 cm³/mol. The van der Waals surface area contributed by atoms with Crippen LogP contribution in [0.4, 0.5) is 38.0 Å². The second-order valence-corrected chi connectivity index (χ2v) is 5.99. The van der Waals surface area contributed by atoms with Gasteiger partial charge in [0, 0.05) is 5.69 Å². The number of ether oxygens (including phenoxy) is 2. The van der Waals surface area contributed by atoms with Crippen molar-refractivity contribution in [2.45, 2.75) is 19.3 Å². The topological polar surface area (TPSA) is 69.2 Å². The van der Waals surface area contributed by atoms with E-state index >= 15 is 0 Å². The van der Waals surface area contributed by atoms with Gasteiger partial charge in [-0.1, -0.05) is 12.1 Å². The lowest BCUT2D eigenvalue weighted by Crippen LogP contribution is -2.08. The molecule has 0 amide bonds. The van der Waals surface area contributed by atoms with Crippen molar-refractivity contribution in [3.8, 4) is 17.8 Å². The van der Waals surface area contributed by atoms with Crippen LogP contribution in [0.25, 0.3) is 0 Å². The van der Waals surface area contributed by atoms with Gasteiger partial charge in [0.2, 0.25) is 5.95 Å². The Morgan fingerprint density at radius 1 is 0.806 bits per heavy atom. The smallest absolute Gasteiger partial charge is 0.416 e. The van der Waals surface area contributed by atoms with Crippen LogP contribution in [0.5, 0.6) is 17.8 Å². The molecule has 0 aliphatic rings. The van der Waals surface area contributed by atoms with Crippen LogP contribution in [0.2, 0.25) is 0 Å². The Bertz CT molecular complexity index is 978. The molecular formula is C19H14F6N4O2. The van der Waals surface area contributed by atoms with Gasteiger partial charge in [0.1, 0.15) is 5.75 Å². The molecule has 2 aromatic carbocycles. The average Bonchev–Trinajstić information content (AvgIpc) is 2.67. The van der Waals surface area contributed by atoms with Gasteiger partial charge in [0.25, 0.3) is 0 Å². The van der Waals surface area contributed by atoms with E-state index in [2.05, 4.69) is 20.3 Å². The first-order valence-electron chi connectivity index (χ1n) is 8.73. The van der Waals surface area contributed by atoms with E-state index < -0.39 is 29.5 Å². The highest BCUT2D eigenvalue weighted by molar-refractivity contribution is 5.55. The summed E-state index contributed by atoms with van der Waals surface area (Å²) in [6.45, 7) is 1.78. The summed E-state index contributed by atoms with van der Waals surface area (Å²) in [5.74, 6) is -0.423. The third kappa shape index (κ3) is 5.96. The molecule has 0 saturated heterocycles. The van der Waals surface area contributed by atoms with Gasteiger partial charge in [-0.05, 0) is 43.3 Å². The Hall–Kier alpha value is -3.57. The maximum atomic E-state index is 12.9. The van der Waals surface area contributed by atoms with Gasteiger partial charge in [-0.15, -0.1) is 4.98 Å². The Balaban J connectivity index is 1.90. The van der Waals surface area contributed by atoms with Crippen LogP contribution in [-0.4, -0.2) is 21.6 Å². The van der Waals surface area contributed by atoms with Crippen LogP contribution in [0.1, 0.15) is 18.1 Å². The standard InChI is InChI=1S/C19H14F6N4O2/c1-2-30-16-27-15(26-13-7-3-5-11(9-13)18(20,21)22)28-17(29-16)31-14-8-4-6-12(10-14)19(23,24)25/h3-10H,2H2,1H3,(H,26,27,28,29). The number of anilines is 2. The summed E-state index contributed by atoms with van der Waals surface area (Å²) in [4.78, 5) is 11.6. The minimum Gasteiger partial charge on any atom is -0.464 e. The minimum atomic E-state index is -4.58. The van der Waals surface area contributed by atoms with Crippen molar-refractivity contribution >= 4 is 11.6 Å². The Morgan fingerprint density at radius 3 is 2.06 bits per heavy atom. The van der Waals surface area contributed by atoms with Crippen LogP contribution in [0.15, 0.2) is 48.5 Å². The molecule has 6 nitrogen and oxygen atoms in total. The molecule has 1 heterocycles. The molecule has 164 valence electrons. The van der Waals surface area contributed by atoms with Gasteiger partial charge >= 0.3 is 24.4 Å². The Kier molecular flexibility index (Phi) is 6.18. The van der Waals surface area contributed by atoms with Crippen molar-refractivity contribution in [1.29, 1.82) is 0 Å². The molecule has 1 aromatic heterocycles. The van der Waals surface area contributed by atoms with Crippen molar-refractivity contribution in [2.24, 2.45) is 0 Å². The highest BCUT2D eigenvalue weighted by Crippen LogP contribution is 2.33. The van der Waals surface area contributed by atoms with Crippen molar-refractivity contribution in [3.63, 3.8) is 0 Å². The third-order valence-electron chi connectivity index (χ3n) is 3.68. The van der Waals surface area contributed by atoms with E-state index in [1.54, 1.807) is 6.92 Å². The number of alkyl halides is 6. The number of nitrogens with one attached hydrogen (secondary N) is 1. The second kappa shape index (κ2) is 8.66. The molecule has 3 aromatic rings. The van der Waals surface area contributed by atoms with Crippen molar-refractivity contribution < 1.29 is 35.8 Å². The molecule has 0 spiro atoms. The highest BCUT2D eigenvalue weighted by atomic mass is 19.4. The van der Waals surface area contributed by atoms with Gasteiger partial charge < -0.3 is 14.8 Å². The van der Waals surface area contributed by atoms with Gasteiger partial charge in [-0.2, -0.15) is 36.3 Å². The Labute approximate surface area is 171 Å². The highest BCUT2D eigenvalue weighted by Gasteiger charge is 2.31. The molecule has 31 heavy (non-hydrogen) atoms. The zero-order valence-electron chi connectivity index (χ0n) is 15.8. The lowest BCUT2D eigenvalue weighted by Gasteiger charge is -2.12. The van der Waals surface area contributed by atoms with Crippen molar-refractivity contribution in [1.82, 2.24) is 15.0 Å². The summed E-state index contributed by atoms with van der Waals surface area (Å²) in [6, 6.07) is 7.67. The van der Waals surface area contributed by atoms with Crippen molar-refractivity contribution in [2.75, 3.05) is 11.9 Å². The van der Waals surface area contributed by atoms with E-state index in [4.69, 9.17) is 9.47 Å². The van der Waals surface area contributed by atoms with Crippen LogP contribution in [0.3, 0.4) is 0 Å². The van der Waals surface area contributed by atoms with Crippen molar-refractivity contribution in [3.05, 3.63) is 59.7 Å². The van der Waals surface area contributed by atoms with Gasteiger partial charge in [0.15, 0.2) is 0 Å². The number of hydrogen-bond acceptors (Lipinski definition) is 6. The molecule has 0 saturated carbocycles. The lowest BCUT2D eigenvalue weighted by atomic mass is 10.2. The maximum absolute atomic E-state index is 12.9. The largest absolute Gasteiger partial charge is 0.464 e. The van der Waals surface area contributed by atoms with E-state index in [9.17, 15) is 26.3 Å². The number of rotatable bonds is 6. The molecule has 0 aliphatic carbocycles. The fraction of sp³-hybridized carbons (Fsp3) is 0.211. The van der Waals surface area contributed by atoms with Crippen LogP contribution < -0.4 is 14.8 Å². The van der Waals surface area contributed by atoms with Gasteiger partial charge in [-0.25, -0.2) is 0 Å². The third-order valence-corrected chi connectivity index (χ3v) is 3.68. The molecule has 12 heteroatoms. The lowest BCUT2D eigenvalue weighted by molar-refractivity contribution is -0.138. The first-order chi connectivity index (χ1) is 14.5. The fourth-order valence-electron chi connectivity index (χ4n) is 2.38. The number of benzene rings is 2. The number of hydrogen-bond donors (Lipinski definition) is 1. The summed E-state index contributed by atoms with van der Waals surface area (Å²) < 4.78 is 87.8. The van der Waals surface area contributed by atoms with E-state index in [0.29, 0.717) is 0 Å². The zero-order chi connectivity index (χ0) is 22.6. The zero-order valence-corrected chi connectivity index (χ0v) is 15.8. The monoisotopic (exact) mass is 444 g/mol. The summed E-state index contributed by atoms with van der Waals surface area (Å²) in [6.07, 6.45) is -9.13. The molecule has 0 unspecified atom stereocenters. The van der Waals surface area contributed by atoms with Crippen LogP contribution in [0, 0.1) is 0 Å². The quantitative estimate of drug-likeness (QED) is 0.482. The molecular weight excluding hydrogens is 430 g/mol. The summed E-state index contributed by atoms with van der Waals surface area (Å²) in [7, 11) is 0. The SMILES string of the molecule is CCOc1nc(Nc2cccc(C(F)(F)F)c2)nc(Oc2cccc(C(F)(F)F)c2)n1. The number of nitrogens with zero attached hydrogens (tertiary/aromatic N) is 3. The number of aromatic nitrogens is 3. The predicted octanol–water partition coefficient (Wildman–Crippen LogP) is 5.84.